The SMILES string of the molecule is CCOc1cc(C2/C(=C(\O)c3ccc(OC)c(C)c3)C(=O)C(=O)N2c2cc(F)ccc2F)ccc1OC. The zero-order chi connectivity index (χ0) is 26.9. The van der Waals surface area contributed by atoms with Crippen LogP contribution >= 0.6 is 0 Å². The molecule has 7 nitrogen and oxygen atoms in total. The largest absolute Gasteiger partial charge is 0.507 e. The summed E-state index contributed by atoms with van der Waals surface area (Å²) in [5.41, 5.74) is 0.520. The number of Topliss-reactive ketones (excluding diaryl/α,β-unsaturated/α-hetero) is 1. The molecule has 1 heterocycles. The molecule has 1 saturated heterocycles. The van der Waals surface area contributed by atoms with Gasteiger partial charge in [0.2, 0.25) is 0 Å². The highest BCUT2D eigenvalue weighted by molar-refractivity contribution is 6.51. The van der Waals surface area contributed by atoms with Gasteiger partial charge in [0.1, 0.15) is 23.1 Å². The molecule has 0 aliphatic carbocycles. The van der Waals surface area contributed by atoms with Crippen molar-refractivity contribution in [1.29, 1.82) is 0 Å². The van der Waals surface area contributed by atoms with Gasteiger partial charge in [-0.05, 0) is 67.4 Å². The van der Waals surface area contributed by atoms with E-state index < -0.39 is 40.8 Å². The highest BCUT2D eigenvalue weighted by atomic mass is 19.1. The fourth-order valence-electron chi connectivity index (χ4n) is 4.38. The van der Waals surface area contributed by atoms with E-state index >= 15 is 0 Å². The molecule has 37 heavy (non-hydrogen) atoms. The van der Waals surface area contributed by atoms with Crippen molar-refractivity contribution in [3.8, 4) is 17.2 Å². The van der Waals surface area contributed by atoms with Crippen molar-refractivity contribution in [1.82, 2.24) is 0 Å². The van der Waals surface area contributed by atoms with Gasteiger partial charge in [0.25, 0.3) is 11.7 Å². The summed E-state index contributed by atoms with van der Waals surface area (Å²) in [5, 5.41) is 11.3. The molecule has 0 radical (unpaired) electrons. The van der Waals surface area contributed by atoms with E-state index in [1.54, 1.807) is 38.1 Å². The summed E-state index contributed by atoms with van der Waals surface area (Å²) in [6.45, 7) is 3.82. The Labute approximate surface area is 212 Å². The van der Waals surface area contributed by atoms with E-state index in [4.69, 9.17) is 14.2 Å². The van der Waals surface area contributed by atoms with Crippen LogP contribution in [-0.4, -0.2) is 37.6 Å². The van der Waals surface area contributed by atoms with Crippen molar-refractivity contribution in [3.05, 3.63) is 88.5 Å². The first kappa shape index (κ1) is 25.7. The van der Waals surface area contributed by atoms with E-state index in [2.05, 4.69) is 0 Å². The topological polar surface area (TPSA) is 85.3 Å². The van der Waals surface area contributed by atoms with Crippen LogP contribution in [-0.2, 0) is 9.59 Å². The average Bonchev–Trinajstić information content (AvgIpc) is 3.15. The van der Waals surface area contributed by atoms with Gasteiger partial charge in [0.05, 0.1) is 38.1 Å². The van der Waals surface area contributed by atoms with Crippen molar-refractivity contribution < 1.29 is 37.7 Å². The minimum atomic E-state index is -1.29. The molecule has 0 spiro atoms. The normalized spacial score (nSPS) is 16.7. The Morgan fingerprint density at radius 3 is 2.30 bits per heavy atom. The van der Waals surface area contributed by atoms with Crippen LogP contribution in [0.3, 0.4) is 0 Å². The van der Waals surface area contributed by atoms with Gasteiger partial charge in [-0.25, -0.2) is 8.78 Å². The summed E-state index contributed by atoms with van der Waals surface area (Å²) < 4.78 is 45.3. The molecule has 1 fully saturated rings. The third-order valence-corrected chi connectivity index (χ3v) is 6.08. The second-order valence-electron chi connectivity index (χ2n) is 8.29. The second kappa shape index (κ2) is 10.3. The Kier molecular flexibility index (Phi) is 7.15. The number of hydrogen-bond donors (Lipinski definition) is 1. The van der Waals surface area contributed by atoms with Crippen LogP contribution in [0.5, 0.6) is 17.2 Å². The number of ether oxygens (including phenoxy) is 3. The van der Waals surface area contributed by atoms with Gasteiger partial charge in [-0.2, -0.15) is 0 Å². The number of carbonyl (C=O) groups is 2. The number of nitrogens with zero attached hydrogens (tertiary/aromatic N) is 1. The molecule has 1 unspecified atom stereocenters. The van der Waals surface area contributed by atoms with E-state index in [-0.39, 0.29) is 11.1 Å². The summed E-state index contributed by atoms with van der Waals surface area (Å²) in [6.07, 6.45) is 0. The third-order valence-electron chi connectivity index (χ3n) is 6.08. The standard InChI is InChI=1S/C28H25F2NO6/c1-5-37-23-13-16(6-11-22(23)36-4)25-24(26(32)17-7-10-21(35-3)15(2)12-17)27(33)28(34)31(25)20-14-18(29)8-9-19(20)30/h6-14,25,32H,5H2,1-4H3/b26-24+. The van der Waals surface area contributed by atoms with Crippen molar-refractivity contribution in [2.75, 3.05) is 25.7 Å². The van der Waals surface area contributed by atoms with Gasteiger partial charge < -0.3 is 19.3 Å². The van der Waals surface area contributed by atoms with E-state index in [0.29, 0.717) is 35.0 Å². The lowest BCUT2D eigenvalue weighted by Gasteiger charge is -2.26. The summed E-state index contributed by atoms with van der Waals surface area (Å²) in [6, 6.07) is 10.7. The molecule has 1 atom stereocenters. The van der Waals surface area contributed by atoms with Gasteiger partial charge in [0, 0.05) is 11.6 Å². The van der Waals surface area contributed by atoms with Gasteiger partial charge in [0.15, 0.2) is 11.5 Å². The fraction of sp³-hybridized carbons (Fsp3) is 0.214. The predicted molar refractivity (Wildman–Crippen MR) is 133 cm³/mol. The maximum absolute atomic E-state index is 14.9. The number of ketones is 1. The number of rotatable bonds is 7. The van der Waals surface area contributed by atoms with Crippen LogP contribution in [0.15, 0.2) is 60.2 Å². The number of benzene rings is 3. The molecule has 3 aromatic rings. The van der Waals surface area contributed by atoms with Crippen LogP contribution in [0, 0.1) is 18.6 Å². The van der Waals surface area contributed by atoms with Gasteiger partial charge in [-0.1, -0.05) is 6.07 Å². The van der Waals surface area contributed by atoms with E-state index in [1.165, 1.54) is 26.4 Å². The highest BCUT2D eigenvalue weighted by Crippen LogP contribution is 2.45. The molecule has 1 N–H and O–H groups in total. The number of carbonyl (C=O) groups excluding carboxylic acids is 2. The zero-order valence-electron chi connectivity index (χ0n) is 20.7. The molecule has 3 aromatic carbocycles. The Morgan fingerprint density at radius 1 is 0.946 bits per heavy atom. The number of hydrogen-bond acceptors (Lipinski definition) is 6. The van der Waals surface area contributed by atoms with Crippen molar-refractivity contribution in [2.45, 2.75) is 19.9 Å². The Balaban J connectivity index is 1.99. The quantitative estimate of drug-likeness (QED) is 0.264. The molecule has 1 amide bonds. The summed E-state index contributed by atoms with van der Waals surface area (Å²) in [5.74, 6) is -3.07. The van der Waals surface area contributed by atoms with Gasteiger partial charge in [-0.15, -0.1) is 0 Å². The van der Waals surface area contributed by atoms with E-state index in [9.17, 15) is 23.5 Å². The first-order valence-corrected chi connectivity index (χ1v) is 11.4. The van der Waals surface area contributed by atoms with Crippen molar-refractivity contribution in [3.63, 3.8) is 0 Å². The predicted octanol–water partition coefficient (Wildman–Crippen LogP) is 5.32. The molecule has 4 rings (SSSR count). The number of aliphatic hydroxyl groups excluding tert-OH is 1. The van der Waals surface area contributed by atoms with E-state index in [1.807, 2.05) is 0 Å². The lowest BCUT2D eigenvalue weighted by atomic mass is 9.94. The number of aryl methyl sites for hydroxylation is 1. The van der Waals surface area contributed by atoms with E-state index in [0.717, 1.165) is 23.1 Å². The molecule has 0 aromatic heterocycles. The second-order valence-corrected chi connectivity index (χ2v) is 8.29. The summed E-state index contributed by atoms with van der Waals surface area (Å²) in [4.78, 5) is 27.4. The number of halogens is 2. The smallest absolute Gasteiger partial charge is 0.300 e. The number of anilines is 1. The third kappa shape index (κ3) is 4.60. The molecule has 0 bridgehead atoms. The lowest BCUT2D eigenvalue weighted by Crippen LogP contribution is -2.30. The van der Waals surface area contributed by atoms with Crippen molar-refractivity contribution in [2.24, 2.45) is 0 Å². The first-order chi connectivity index (χ1) is 17.7. The van der Waals surface area contributed by atoms with Crippen LogP contribution in [0.2, 0.25) is 0 Å². The summed E-state index contributed by atoms with van der Waals surface area (Å²) >= 11 is 0. The highest BCUT2D eigenvalue weighted by Gasteiger charge is 2.48. The number of methoxy groups -OCH3 is 2. The Bertz CT molecular complexity index is 1420. The zero-order valence-corrected chi connectivity index (χ0v) is 20.7. The fourth-order valence-corrected chi connectivity index (χ4v) is 4.38. The summed E-state index contributed by atoms with van der Waals surface area (Å²) in [7, 11) is 2.96. The minimum absolute atomic E-state index is 0.250. The molecule has 0 saturated carbocycles. The molecular weight excluding hydrogens is 484 g/mol. The molecular formula is C28H25F2NO6. The van der Waals surface area contributed by atoms with Crippen LogP contribution < -0.4 is 19.1 Å². The Morgan fingerprint density at radius 2 is 1.65 bits per heavy atom. The van der Waals surface area contributed by atoms with Crippen LogP contribution in [0.1, 0.15) is 29.7 Å². The monoisotopic (exact) mass is 509 g/mol. The maximum Gasteiger partial charge on any atom is 0.300 e. The molecule has 192 valence electrons. The molecule has 1 aliphatic heterocycles. The van der Waals surface area contributed by atoms with Crippen molar-refractivity contribution >= 4 is 23.1 Å². The first-order valence-electron chi connectivity index (χ1n) is 11.4. The Hall–Kier alpha value is -4.40. The van der Waals surface area contributed by atoms with Gasteiger partial charge in [-0.3, -0.25) is 14.5 Å². The van der Waals surface area contributed by atoms with Gasteiger partial charge >= 0.3 is 0 Å². The molecule has 1 aliphatic rings. The molecule has 9 heteroatoms. The van der Waals surface area contributed by atoms with Crippen LogP contribution in [0.4, 0.5) is 14.5 Å². The number of amides is 1. The van der Waals surface area contributed by atoms with Crippen LogP contribution in [0.25, 0.3) is 5.76 Å². The number of aliphatic hydroxyl groups is 1. The average molecular weight is 510 g/mol. The minimum Gasteiger partial charge on any atom is -0.507 e. The maximum atomic E-state index is 14.9. The lowest BCUT2D eigenvalue weighted by molar-refractivity contribution is -0.132.